The minimum Gasteiger partial charge on any atom is -0.382 e. The molecule has 0 bridgehead atoms. The molecule has 1 rings (SSSR count). The van der Waals surface area contributed by atoms with Crippen molar-refractivity contribution in [2.45, 2.75) is 53.0 Å². The van der Waals surface area contributed by atoms with Crippen molar-refractivity contribution < 1.29 is 4.74 Å². The highest BCUT2D eigenvalue weighted by Gasteiger charge is 2.19. The van der Waals surface area contributed by atoms with Crippen LogP contribution in [0.4, 0.5) is 0 Å². The van der Waals surface area contributed by atoms with Crippen molar-refractivity contribution in [2.75, 3.05) is 45.9 Å². The fraction of sp³-hybridized carbons (Fsp3) is 0.941. The molecule has 0 aromatic carbocycles. The highest BCUT2D eigenvalue weighted by atomic mass is 127. The predicted octanol–water partition coefficient (Wildman–Crippen LogP) is 2.71. The quantitative estimate of drug-likeness (QED) is 0.251. The molecule has 6 heteroatoms. The van der Waals surface area contributed by atoms with E-state index in [4.69, 9.17) is 9.73 Å². The summed E-state index contributed by atoms with van der Waals surface area (Å²) in [4.78, 5) is 7.31. The summed E-state index contributed by atoms with van der Waals surface area (Å²) >= 11 is 0. The number of guanidine groups is 1. The minimum absolute atomic E-state index is 0. The molecule has 0 spiro atoms. The summed E-state index contributed by atoms with van der Waals surface area (Å²) in [5.41, 5.74) is 0. The Hall–Kier alpha value is -0.0800. The van der Waals surface area contributed by atoms with Gasteiger partial charge in [0, 0.05) is 32.3 Å². The number of halogens is 1. The Morgan fingerprint density at radius 2 is 1.96 bits per heavy atom. The van der Waals surface area contributed by atoms with E-state index in [1.165, 1.54) is 25.9 Å². The molecule has 138 valence electrons. The van der Waals surface area contributed by atoms with Crippen LogP contribution in [0.5, 0.6) is 0 Å². The van der Waals surface area contributed by atoms with Gasteiger partial charge in [-0.25, -0.2) is 0 Å². The van der Waals surface area contributed by atoms with Gasteiger partial charge in [0.1, 0.15) is 0 Å². The number of aliphatic imine (C=N–C) groups is 1. The Morgan fingerprint density at radius 1 is 1.26 bits per heavy atom. The molecule has 1 heterocycles. The molecule has 2 N–H and O–H groups in total. The third kappa shape index (κ3) is 10.4. The van der Waals surface area contributed by atoms with E-state index < -0.39 is 0 Å². The number of rotatable bonds is 9. The zero-order valence-electron chi connectivity index (χ0n) is 15.4. The van der Waals surface area contributed by atoms with E-state index in [1.54, 1.807) is 0 Å². The van der Waals surface area contributed by atoms with E-state index in [0.717, 1.165) is 51.1 Å². The number of nitrogens with zero attached hydrogens (tertiary/aromatic N) is 2. The third-order valence-corrected chi connectivity index (χ3v) is 4.26. The van der Waals surface area contributed by atoms with Crippen LogP contribution in [0.1, 0.15) is 47.0 Å². The first-order valence-electron chi connectivity index (χ1n) is 9.01. The van der Waals surface area contributed by atoms with E-state index in [9.17, 15) is 0 Å². The summed E-state index contributed by atoms with van der Waals surface area (Å²) in [6, 6.07) is 0.520. The Labute approximate surface area is 160 Å². The van der Waals surface area contributed by atoms with Crippen LogP contribution in [-0.4, -0.2) is 62.8 Å². The first kappa shape index (κ1) is 22.9. The van der Waals surface area contributed by atoms with Crippen molar-refractivity contribution in [3.63, 3.8) is 0 Å². The molecule has 0 radical (unpaired) electrons. The van der Waals surface area contributed by atoms with Crippen molar-refractivity contribution in [1.82, 2.24) is 15.5 Å². The molecule has 0 aliphatic carbocycles. The van der Waals surface area contributed by atoms with Gasteiger partial charge in [0.15, 0.2) is 5.96 Å². The lowest BCUT2D eigenvalue weighted by Gasteiger charge is -2.34. The number of likely N-dealkylation sites (tertiary alicyclic amines) is 1. The molecule has 23 heavy (non-hydrogen) atoms. The standard InChI is InChI=1S/C17H36N4O.HI/c1-5-18-17(19-10-7-13-22-6-2)20-14-16(4)21-11-8-15(3)9-12-21;/h15-16H,5-14H2,1-4H3,(H2,18,19,20);1H. The average molecular weight is 440 g/mol. The monoisotopic (exact) mass is 440 g/mol. The molecular formula is C17H37IN4O. The molecule has 0 aromatic heterocycles. The highest BCUT2D eigenvalue weighted by molar-refractivity contribution is 14.0. The first-order chi connectivity index (χ1) is 10.7. The molecule has 1 aliphatic rings. The van der Waals surface area contributed by atoms with Gasteiger partial charge in [-0.3, -0.25) is 9.89 Å². The van der Waals surface area contributed by atoms with Crippen LogP contribution in [0, 0.1) is 5.92 Å². The van der Waals surface area contributed by atoms with Gasteiger partial charge in [0.2, 0.25) is 0 Å². The summed E-state index contributed by atoms with van der Waals surface area (Å²) in [7, 11) is 0. The summed E-state index contributed by atoms with van der Waals surface area (Å²) in [6.45, 7) is 15.5. The minimum atomic E-state index is 0. The molecule has 0 saturated carbocycles. The molecule has 5 nitrogen and oxygen atoms in total. The largest absolute Gasteiger partial charge is 0.382 e. The van der Waals surface area contributed by atoms with E-state index in [1.807, 2.05) is 6.92 Å². The summed E-state index contributed by atoms with van der Waals surface area (Å²) in [5, 5.41) is 6.70. The number of ether oxygens (including phenoxy) is 1. The SMILES string of the molecule is CCNC(=NCC(C)N1CCC(C)CC1)NCCCOCC.I. The normalized spacial score (nSPS) is 18.3. The van der Waals surface area contributed by atoms with Crippen LogP contribution in [0.15, 0.2) is 4.99 Å². The van der Waals surface area contributed by atoms with E-state index in [0.29, 0.717) is 6.04 Å². The summed E-state index contributed by atoms with van der Waals surface area (Å²) in [5.74, 6) is 1.81. The first-order valence-corrected chi connectivity index (χ1v) is 9.01. The van der Waals surface area contributed by atoms with Crippen molar-refractivity contribution in [1.29, 1.82) is 0 Å². The van der Waals surface area contributed by atoms with Gasteiger partial charge in [0.05, 0.1) is 6.54 Å². The average Bonchev–Trinajstić information content (AvgIpc) is 2.52. The van der Waals surface area contributed by atoms with E-state index >= 15 is 0 Å². The zero-order valence-corrected chi connectivity index (χ0v) is 17.8. The van der Waals surface area contributed by atoms with Crippen LogP contribution in [0.25, 0.3) is 0 Å². The number of hydrogen-bond donors (Lipinski definition) is 2. The number of piperidine rings is 1. The molecule has 1 saturated heterocycles. The highest BCUT2D eigenvalue weighted by Crippen LogP contribution is 2.17. The van der Waals surface area contributed by atoms with Gasteiger partial charge in [-0.05, 0) is 59.0 Å². The topological polar surface area (TPSA) is 48.9 Å². The molecule has 0 aromatic rings. The summed E-state index contributed by atoms with van der Waals surface area (Å²) < 4.78 is 5.35. The van der Waals surface area contributed by atoms with Gasteiger partial charge in [-0.1, -0.05) is 6.92 Å². The zero-order chi connectivity index (χ0) is 16.2. The van der Waals surface area contributed by atoms with Crippen molar-refractivity contribution in [3.8, 4) is 0 Å². The van der Waals surface area contributed by atoms with Gasteiger partial charge >= 0.3 is 0 Å². The predicted molar refractivity (Wildman–Crippen MR) is 110 cm³/mol. The molecule has 0 amide bonds. The second kappa shape index (κ2) is 14.3. The van der Waals surface area contributed by atoms with Gasteiger partial charge in [0.25, 0.3) is 0 Å². The Kier molecular flexibility index (Phi) is 14.2. The van der Waals surface area contributed by atoms with Crippen LogP contribution < -0.4 is 10.6 Å². The lowest BCUT2D eigenvalue weighted by Crippen LogP contribution is -2.43. The molecule has 1 unspecified atom stereocenters. The van der Waals surface area contributed by atoms with Crippen LogP contribution in [-0.2, 0) is 4.74 Å². The van der Waals surface area contributed by atoms with E-state index in [-0.39, 0.29) is 24.0 Å². The molecular weight excluding hydrogens is 403 g/mol. The molecule has 1 aliphatic heterocycles. The fourth-order valence-corrected chi connectivity index (χ4v) is 2.68. The van der Waals surface area contributed by atoms with Gasteiger partial charge < -0.3 is 15.4 Å². The van der Waals surface area contributed by atoms with Gasteiger partial charge in [-0.2, -0.15) is 0 Å². The van der Waals surface area contributed by atoms with Crippen molar-refractivity contribution in [3.05, 3.63) is 0 Å². The Bertz CT molecular complexity index is 307. The van der Waals surface area contributed by atoms with E-state index in [2.05, 4.69) is 36.3 Å². The van der Waals surface area contributed by atoms with Crippen LogP contribution in [0.2, 0.25) is 0 Å². The fourth-order valence-electron chi connectivity index (χ4n) is 2.68. The molecule has 1 atom stereocenters. The second-order valence-electron chi connectivity index (χ2n) is 6.26. The number of nitrogens with one attached hydrogen (secondary N) is 2. The van der Waals surface area contributed by atoms with Crippen molar-refractivity contribution >= 4 is 29.9 Å². The third-order valence-electron chi connectivity index (χ3n) is 4.26. The van der Waals surface area contributed by atoms with Crippen LogP contribution >= 0.6 is 24.0 Å². The Balaban J connectivity index is 0.00000484. The smallest absolute Gasteiger partial charge is 0.191 e. The Morgan fingerprint density at radius 3 is 2.57 bits per heavy atom. The van der Waals surface area contributed by atoms with Gasteiger partial charge in [-0.15, -0.1) is 24.0 Å². The van der Waals surface area contributed by atoms with Crippen molar-refractivity contribution in [2.24, 2.45) is 10.9 Å². The summed E-state index contributed by atoms with van der Waals surface area (Å²) in [6.07, 6.45) is 3.66. The second-order valence-corrected chi connectivity index (χ2v) is 6.26. The molecule has 1 fully saturated rings. The van der Waals surface area contributed by atoms with Crippen LogP contribution in [0.3, 0.4) is 0 Å². The maximum atomic E-state index is 5.35. The maximum absolute atomic E-state index is 5.35. The number of hydrogen-bond acceptors (Lipinski definition) is 3. The lowest BCUT2D eigenvalue weighted by molar-refractivity contribution is 0.145. The maximum Gasteiger partial charge on any atom is 0.191 e. The lowest BCUT2D eigenvalue weighted by atomic mass is 9.98.